The van der Waals surface area contributed by atoms with E-state index < -0.39 is 0 Å². The Balaban J connectivity index is 2.42. The molecule has 0 spiro atoms. The van der Waals surface area contributed by atoms with Gasteiger partial charge in [0.05, 0.1) is 19.1 Å². The third-order valence-electron chi connectivity index (χ3n) is 2.53. The fraction of sp³-hybridized carbons (Fsp3) is 0.462. The molecule has 0 fully saturated rings. The molecule has 0 aliphatic rings. The molecular formula is C13H18FNO3. The van der Waals surface area contributed by atoms with Crippen molar-refractivity contribution < 1.29 is 19.0 Å². The largest absolute Gasteiger partial charge is 0.394 e. The summed E-state index contributed by atoms with van der Waals surface area (Å²) in [5.74, 6) is -0.524. The second-order valence-corrected chi connectivity index (χ2v) is 4.03. The fourth-order valence-electron chi connectivity index (χ4n) is 1.54. The van der Waals surface area contributed by atoms with Gasteiger partial charge in [0.2, 0.25) is 5.91 Å². The van der Waals surface area contributed by atoms with E-state index in [1.165, 1.54) is 12.1 Å². The maximum absolute atomic E-state index is 12.7. The van der Waals surface area contributed by atoms with Gasteiger partial charge in [-0.15, -0.1) is 0 Å². The van der Waals surface area contributed by atoms with Crippen molar-refractivity contribution >= 4 is 5.91 Å². The first-order valence-corrected chi connectivity index (χ1v) is 5.79. The summed E-state index contributed by atoms with van der Waals surface area (Å²) in [7, 11) is 1.56. The van der Waals surface area contributed by atoms with Crippen molar-refractivity contribution in [1.29, 1.82) is 0 Å². The van der Waals surface area contributed by atoms with Gasteiger partial charge in [0, 0.05) is 13.7 Å². The van der Waals surface area contributed by atoms with Crippen LogP contribution in [0.25, 0.3) is 0 Å². The van der Waals surface area contributed by atoms with Crippen molar-refractivity contribution in [2.75, 3.05) is 20.3 Å². The van der Waals surface area contributed by atoms with Crippen molar-refractivity contribution in [2.45, 2.75) is 18.9 Å². The summed E-state index contributed by atoms with van der Waals surface area (Å²) in [6.07, 6.45) is 0.728. The highest BCUT2D eigenvalue weighted by atomic mass is 19.1. The average molecular weight is 255 g/mol. The van der Waals surface area contributed by atoms with Crippen LogP contribution in [-0.2, 0) is 16.0 Å². The molecule has 5 heteroatoms. The topological polar surface area (TPSA) is 58.6 Å². The van der Waals surface area contributed by atoms with Crippen molar-refractivity contribution in [3.63, 3.8) is 0 Å². The minimum absolute atomic E-state index is 0.126. The molecule has 0 aromatic heterocycles. The maximum atomic E-state index is 12.7. The van der Waals surface area contributed by atoms with E-state index in [4.69, 9.17) is 9.84 Å². The van der Waals surface area contributed by atoms with Crippen LogP contribution >= 0.6 is 0 Å². The maximum Gasteiger partial charge on any atom is 0.224 e. The molecule has 100 valence electrons. The Hall–Kier alpha value is -1.46. The van der Waals surface area contributed by atoms with Gasteiger partial charge < -0.3 is 15.2 Å². The standard InChI is InChI=1S/C13H18FNO3/c1-18-7-6-12(9-16)15-13(17)8-10-2-4-11(14)5-3-10/h2-5,12,16H,6-9H2,1H3,(H,15,17). The first-order chi connectivity index (χ1) is 8.65. The van der Waals surface area contributed by atoms with E-state index in [9.17, 15) is 9.18 Å². The van der Waals surface area contributed by atoms with Gasteiger partial charge in [-0.05, 0) is 24.1 Å². The summed E-state index contributed by atoms with van der Waals surface area (Å²) in [4.78, 5) is 11.7. The van der Waals surface area contributed by atoms with Crippen LogP contribution in [0.5, 0.6) is 0 Å². The molecular weight excluding hydrogens is 237 g/mol. The molecule has 1 atom stereocenters. The fourth-order valence-corrected chi connectivity index (χ4v) is 1.54. The van der Waals surface area contributed by atoms with Gasteiger partial charge in [-0.3, -0.25) is 4.79 Å². The van der Waals surface area contributed by atoms with E-state index in [1.54, 1.807) is 19.2 Å². The molecule has 0 saturated heterocycles. The van der Waals surface area contributed by atoms with E-state index in [2.05, 4.69) is 5.32 Å². The number of carbonyl (C=O) groups is 1. The number of nitrogens with one attached hydrogen (secondary N) is 1. The summed E-state index contributed by atoms with van der Waals surface area (Å²) < 4.78 is 17.6. The Kier molecular flexibility index (Phi) is 6.32. The molecule has 1 unspecified atom stereocenters. The average Bonchev–Trinajstić information content (AvgIpc) is 2.37. The summed E-state index contributed by atoms with van der Waals surface area (Å²) in [6.45, 7) is 0.348. The third kappa shape index (κ3) is 5.25. The minimum atomic E-state index is -0.326. The van der Waals surface area contributed by atoms with Gasteiger partial charge in [0.1, 0.15) is 5.82 Å². The molecule has 2 N–H and O–H groups in total. The minimum Gasteiger partial charge on any atom is -0.394 e. The molecule has 1 rings (SSSR count). The molecule has 1 aromatic carbocycles. The molecule has 0 saturated carbocycles. The monoisotopic (exact) mass is 255 g/mol. The molecule has 0 bridgehead atoms. The van der Waals surface area contributed by atoms with Crippen LogP contribution in [0.4, 0.5) is 4.39 Å². The highest BCUT2D eigenvalue weighted by Gasteiger charge is 2.11. The number of hydrogen-bond donors (Lipinski definition) is 2. The Labute approximate surface area is 106 Å². The Morgan fingerprint density at radius 3 is 2.67 bits per heavy atom. The smallest absolute Gasteiger partial charge is 0.224 e. The van der Waals surface area contributed by atoms with Crippen LogP contribution in [-0.4, -0.2) is 37.4 Å². The SMILES string of the molecule is COCCC(CO)NC(=O)Cc1ccc(F)cc1. The van der Waals surface area contributed by atoms with Gasteiger partial charge in [-0.2, -0.15) is 0 Å². The second-order valence-electron chi connectivity index (χ2n) is 4.03. The number of halogens is 1. The van der Waals surface area contributed by atoms with Crippen molar-refractivity contribution in [3.05, 3.63) is 35.6 Å². The number of carbonyl (C=O) groups excluding carboxylic acids is 1. The zero-order chi connectivity index (χ0) is 13.4. The van der Waals surface area contributed by atoms with Gasteiger partial charge in [0.25, 0.3) is 0 Å². The first-order valence-electron chi connectivity index (χ1n) is 5.79. The quantitative estimate of drug-likeness (QED) is 0.760. The van der Waals surface area contributed by atoms with Crippen LogP contribution in [0.1, 0.15) is 12.0 Å². The van der Waals surface area contributed by atoms with Crippen molar-refractivity contribution in [2.24, 2.45) is 0 Å². The normalized spacial score (nSPS) is 12.2. The summed E-state index contributed by atoms with van der Waals surface area (Å²) in [5, 5.41) is 11.8. The third-order valence-corrected chi connectivity index (χ3v) is 2.53. The lowest BCUT2D eigenvalue weighted by molar-refractivity contribution is -0.121. The molecule has 1 aromatic rings. The summed E-state index contributed by atoms with van der Waals surface area (Å²) >= 11 is 0. The van der Waals surface area contributed by atoms with Gasteiger partial charge >= 0.3 is 0 Å². The number of amides is 1. The zero-order valence-electron chi connectivity index (χ0n) is 10.4. The molecule has 0 radical (unpaired) electrons. The molecule has 0 aliphatic carbocycles. The lowest BCUT2D eigenvalue weighted by atomic mass is 10.1. The Morgan fingerprint density at radius 1 is 1.44 bits per heavy atom. The number of aliphatic hydroxyl groups is 1. The number of ether oxygens (including phenoxy) is 1. The highest BCUT2D eigenvalue weighted by Crippen LogP contribution is 2.04. The number of rotatable bonds is 7. The first kappa shape index (κ1) is 14.6. The number of aliphatic hydroxyl groups excluding tert-OH is 1. The van der Waals surface area contributed by atoms with Gasteiger partial charge in [-0.1, -0.05) is 12.1 Å². The molecule has 4 nitrogen and oxygen atoms in total. The predicted octanol–water partition coefficient (Wildman–Crippen LogP) is 0.882. The number of hydrogen-bond acceptors (Lipinski definition) is 3. The van der Waals surface area contributed by atoms with Crippen LogP contribution in [0.2, 0.25) is 0 Å². The summed E-state index contributed by atoms with van der Waals surface area (Å²) in [5.41, 5.74) is 0.734. The zero-order valence-corrected chi connectivity index (χ0v) is 10.4. The van der Waals surface area contributed by atoms with Crippen LogP contribution in [0.15, 0.2) is 24.3 Å². The van der Waals surface area contributed by atoms with Crippen LogP contribution in [0.3, 0.4) is 0 Å². The van der Waals surface area contributed by atoms with Crippen molar-refractivity contribution in [3.8, 4) is 0 Å². The van der Waals surface area contributed by atoms with E-state index in [0.29, 0.717) is 13.0 Å². The van der Waals surface area contributed by atoms with Crippen LogP contribution < -0.4 is 5.32 Å². The number of benzene rings is 1. The van der Waals surface area contributed by atoms with Gasteiger partial charge in [-0.25, -0.2) is 4.39 Å². The summed E-state index contributed by atoms with van der Waals surface area (Å²) in [6, 6.07) is 5.46. The lowest BCUT2D eigenvalue weighted by Crippen LogP contribution is -2.39. The molecule has 18 heavy (non-hydrogen) atoms. The predicted molar refractivity (Wildman–Crippen MR) is 65.6 cm³/mol. The molecule has 0 heterocycles. The van der Waals surface area contributed by atoms with E-state index >= 15 is 0 Å². The highest BCUT2D eigenvalue weighted by molar-refractivity contribution is 5.78. The number of methoxy groups -OCH3 is 1. The Morgan fingerprint density at radius 2 is 2.11 bits per heavy atom. The van der Waals surface area contributed by atoms with Crippen LogP contribution in [0, 0.1) is 5.82 Å². The molecule has 0 aliphatic heterocycles. The van der Waals surface area contributed by atoms with Crippen molar-refractivity contribution in [1.82, 2.24) is 5.32 Å². The van der Waals surface area contributed by atoms with E-state index in [1.807, 2.05) is 0 Å². The second kappa shape index (κ2) is 7.79. The Bertz CT molecular complexity index is 367. The van der Waals surface area contributed by atoms with E-state index in [0.717, 1.165) is 5.56 Å². The molecule has 1 amide bonds. The lowest BCUT2D eigenvalue weighted by Gasteiger charge is -2.15. The van der Waals surface area contributed by atoms with E-state index in [-0.39, 0.29) is 30.8 Å². The van der Waals surface area contributed by atoms with Gasteiger partial charge in [0.15, 0.2) is 0 Å².